The molecule has 3 aromatic rings. The van der Waals surface area contributed by atoms with Crippen LogP contribution in [0, 0.1) is 0 Å². The molecule has 0 unspecified atom stereocenters. The lowest BCUT2D eigenvalue weighted by Crippen LogP contribution is -2.27. The molecular formula is C25H23NO5. The molecule has 1 fully saturated rings. The first kappa shape index (κ1) is 19.3. The topological polar surface area (TPSA) is 66.0 Å². The molecule has 0 atom stereocenters. The molecule has 31 heavy (non-hydrogen) atoms. The molecular weight excluding hydrogens is 394 g/mol. The average molecular weight is 417 g/mol. The van der Waals surface area contributed by atoms with Crippen molar-refractivity contribution in [3.05, 3.63) is 66.2 Å². The molecule has 3 aromatic carbocycles. The third-order valence-corrected chi connectivity index (χ3v) is 5.96. The van der Waals surface area contributed by atoms with Gasteiger partial charge in [0.1, 0.15) is 11.5 Å². The Morgan fingerprint density at radius 1 is 0.871 bits per heavy atom. The van der Waals surface area contributed by atoms with Crippen LogP contribution in [0.3, 0.4) is 0 Å². The fourth-order valence-electron chi connectivity index (χ4n) is 4.08. The minimum atomic E-state index is -0.536. The van der Waals surface area contributed by atoms with E-state index in [1.807, 2.05) is 60.7 Å². The normalized spacial score (nSPS) is 15.3. The highest BCUT2D eigenvalue weighted by Gasteiger charge is 2.51. The maximum atomic E-state index is 13.3. The summed E-state index contributed by atoms with van der Waals surface area (Å²) in [7, 11) is 3.27. The molecule has 0 radical (unpaired) electrons. The molecule has 1 saturated carbocycles. The molecule has 1 amide bonds. The molecule has 1 heterocycles. The number of fused-ring (bicyclic) bond motifs is 1. The second kappa shape index (κ2) is 7.54. The number of nitrogens with one attached hydrogen (secondary N) is 1. The van der Waals surface area contributed by atoms with Crippen molar-refractivity contribution in [1.82, 2.24) is 0 Å². The van der Waals surface area contributed by atoms with Crippen LogP contribution in [0.1, 0.15) is 18.4 Å². The van der Waals surface area contributed by atoms with Crippen molar-refractivity contribution in [2.24, 2.45) is 0 Å². The highest BCUT2D eigenvalue weighted by Crippen LogP contribution is 2.51. The van der Waals surface area contributed by atoms with Gasteiger partial charge in [0.2, 0.25) is 12.7 Å². The van der Waals surface area contributed by atoms with Gasteiger partial charge in [0, 0.05) is 16.8 Å². The summed E-state index contributed by atoms with van der Waals surface area (Å²) in [6, 6.07) is 19.1. The number of rotatable bonds is 6. The molecule has 1 N–H and O–H groups in total. The van der Waals surface area contributed by atoms with Gasteiger partial charge in [0.25, 0.3) is 0 Å². The van der Waals surface area contributed by atoms with Crippen LogP contribution in [0.2, 0.25) is 0 Å². The number of hydrogen-bond donors (Lipinski definition) is 1. The molecule has 6 nitrogen and oxygen atoms in total. The molecule has 158 valence electrons. The quantitative estimate of drug-likeness (QED) is 0.626. The standard InChI is InChI=1S/C25H23NO5/c1-28-20-6-4-3-5-18(20)19-14-17(8-10-21(19)29-2)26-24(27)25(11-12-25)16-7-9-22-23(13-16)31-15-30-22/h3-10,13-14H,11-12,15H2,1-2H3,(H,26,27). The molecule has 0 saturated heterocycles. The van der Waals surface area contributed by atoms with E-state index < -0.39 is 5.41 Å². The first-order valence-electron chi connectivity index (χ1n) is 10.2. The van der Waals surface area contributed by atoms with Gasteiger partial charge in [-0.25, -0.2) is 0 Å². The second-order valence-electron chi connectivity index (χ2n) is 7.72. The molecule has 0 aromatic heterocycles. The molecule has 1 aliphatic heterocycles. The van der Waals surface area contributed by atoms with Crippen LogP contribution < -0.4 is 24.3 Å². The minimum absolute atomic E-state index is 0.0255. The maximum Gasteiger partial charge on any atom is 0.235 e. The Labute approximate surface area is 180 Å². The van der Waals surface area contributed by atoms with E-state index in [0.29, 0.717) is 17.2 Å². The lowest BCUT2D eigenvalue weighted by atomic mass is 9.94. The van der Waals surface area contributed by atoms with Crippen LogP contribution in [-0.2, 0) is 10.2 Å². The molecule has 2 aliphatic rings. The summed E-state index contributed by atoms with van der Waals surface area (Å²) in [4.78, 5) is 13.3. The number of carbonyl (C=O) groups excluding carboxylic acids is 1. The van der Waals surface area contributed by atoms with Crippen LogP contribution >= 0.6 is 0 Å². The zero-order valence-corrected chi connectivity index (χ0v) is 17.4. The van der Waals surface area contributed by atoms with Crippen molar-refractivity contribution in [3.63, 3.8) is 0 Å². The Morgan fingerprint density at radius 3 is 2.39 bits per heavy atom. The summed E-state index contributed by atoms with van der Waals surface area (Å²) in [6.45, 7) is 0.218. The fraction of sp³-hybridized carbons (Fsp3) is 0.240. The van der Waals surface area contributed by atoms with Gasteiger partial charge < -0.3 is 24.3 Å². The Balaban J connectivity index is 1.44. The number of amides is 1. The number of hydrogen-bond acceptors (Lipinski definition) is 5. The maximum absolute atomic E-state index is 13.3. The summed E-state index contributed by atoms with van der Waals surface area (Å²) >= 11 is 0. The number of anilines is 1. The van der Waals surface area contributed by atoms with Crippen LogP contribution in [0.15, 0.2) is 60.7 Å². The molecule has 0 spiro atoms. The van der Waals surface area contributed by atoms with E-state index in [4.69, 9.17) is 18.9 Å². The number of ether oxygens (including phenoxy) is 4. The van der Waals surface area contributed by atoms with E-state index in [1.165, 1.54) is 0 Å². The van der Waals surface area contributed by atoms with Gasteiger partial charge in [-0.15, -0.1) is 0 Å². The number of para-hydroxylation sites is 1. The van der Waals surface area contributed by atoms with E-state index in [0.717, 1.165) is 41.0 Å². The van der Waals surface area contributed by atoms with Gasteiger partial charge in [-0.1, -0.05) is 24.3 Å². The number of methoxy groups -OCH3 is 2. The van der Waals surface area contributed by atoms with Crippen LogP contribution in [0.5, 0.6) is 23.0 Å². The summed E-state index contributed by atoms with van der Waals surface area (Å²) in [5.74, 6) is 2.83. The van der Waals surface area contributed by atoms with E-state index in [9.17, 15) is 4.79 Å². The Hall–Kier alpha value is -3.67. The lowest BCUT2D eigenvalue weighted by Gasteiger charge is -2.18. The zero-order valence-electron chi connectivity index (χ0n) is 17.4. The third kappa shape index (κ3) is 3.34. The summed E-state index contributed by atoms with van der Waals surface area (Å²) in [6.07, 6.45) is 1.60. The van der Waals surface area contributed by atoms with Gasteiger partial charge >= 0.3 is 0 Å². The fourth-order valence-corrected chi connectivity index (χ4v) is 4.08. The molecule has 6 heteroatoms. The molecule has 5 rings (SSSR count). The van der Waals surface area contributed by atoms with E-state index in [2.05, 4.69) is 5.32 Å². The summed E-state index contributed by atoms with van der Waals surface area (Å²) in [5, 5.41) is 3.10. The van der Waals surface area contributed by atoms with Crippen LogP contribution in [-0.4, -0.2) is 26.9 Å². The summed E-state index contributed by atoms with van der Waals surface area (Å²) < 4.78 is 22.0. The van der Waals surface area contributed by atoms with Gasteiger partial charge in [-0.05, 0) is 54.8 Å². The second-order valence-corrected chi connectivity index (χ2v) is 7.72. The highest BCUT2D eigenvalue weighted by atomic mass is 16.7. The predicted octanol–water partition coefficient (Wildman–Crippen LogP) is 4.77. The Bertz CT molecular complexity index is 1150. The monoisotopic (exact) mass is 417 g/mol. The van der Waals surface area contributed by atoms with E-state index >= 15 is 0 Å². The van der Waals surface area contributed by atoms with Crippen molar-refractivity contribution in [2.45, 2.75) is 18.3 Å². The minimum Gasteiger partial charge on any atom is -0.496 e. The van der Waals surface area contributed by atoms with Gasteiger partial charge in [0.05, 0.1) is 19.6 Å². The van der Waals surface area contributed by atoms with Crippen molar-refractivity contribution in [2.75, 3.05) is 26.3 Å². The average Bonchev–Trinajstić information content (AvgIpc) is 3.50. The number of benzene rings is 3. The SMILES string of the molecule is COc1ccccc1-c1cc(NC(=O)C2(c3ccc4c(c3)OCO4)CC2)ccc1OC. The third-order valence-electron chi connectivity index (χ3n) is 5.96. The van der Waals surface area contributed by atoms with Gasteiger partial charge in [-0.3, -0.25) is 4.79 Å². The van der Waals surface area contributed by atoms with Crippen molar-refractivity contribution >= 4 is 11.6 Å². The smallest absolute Gasteiger partial charge is 0.235 e. The van der Waals surface area contributed by atoms with Gasteiger partial charge in [-0.2, -0.15) is 0 Å². The van der Waals surface area contributed by atoms with Crippen molar-refractivity contribution in [3.8, 4) is 34.1 Å². The largest absolute Gasteiger partial charge is 0.496 e. The first-order chi connectivity index (χ1) is 15.1. The van der Waals surface area contributed by atoms with Crippen LogP contribution in [0.25, 0.3) is 11.1 Å². The van der Waals surface area contributed by atoms with Crippen LogP contribution in [0.4, 0.5) is 5.69 Å². The highest BCUT2D eigenvalue weighted by molar-refractivity contribution is 6.02. The van der Waals surface area contributed by atoms with E-state index in [-0.39, 0.29) is 12.7 Å². The predicted molar refractivity (Wildman–Crippen MR) is 117 cm³/mol. The Kier molecular flexibility index (Phi) is 4.70. The number of carbonyl (C=O) groups is 1. The first-order valence-corrected chi connectivity index (χ1v) is 10.2. The van der Waals surface area contributed by atoms with Crippen molar-refractivity contribution < 1.29 is 23.7 Å². The van der Waals surface area contributed by atoms with Gasteiger partial charge in [0.15, 0.2) is 11.5 Å². The molecule has 1 aliphatic carbocycles. The van der Waals surface area contributed by atoms with E-state index in [1.54, 1.807) is 14.2 Å². The van der Waals surface area contributed by atoms with Crippen molar-refractivity contribution in [1.29, 1.82) is 0 Å². The Morgan fingerprint density at radius 2 is 1.61 bits per heavy atom. The molecule has 0 bridgehead atoms. The summed E-state index contributed by atoms with van der Waals surface area (Å²) in [5.41, 5.74) is 2.87. The lowest BCUT2D eigenvalue weighted by molar-refractivity contribution is -0.118. The zero-order chi connectivity index (χ0) is 21.4.